The summed E-state index contributed by atoms with van der Waals surface area (Å²) < 4.78 is 11.1. The first-order valence-electron chi connectivity index (χ1n) is 7.69. The summed E-state index contributed by atoms with van der Waals surface area (Å²) in [5, 5.41) is 0. The van der Waals surface area contributed by atoms with Gasteiger partial charge in [0.2, 0.25) is 11.8 Å². The van der Waals surface area contributed by atoms with Gasteiger partial charge in [-0.15, -0.1) is 11.8 Å². The van der Waals surface area contributed by atoms with E-state index in [1.54, 1.807) is 21.6 Å². The first-order chi connectivity index (χ1) is 11.2. The van der Waals surface area contributed by atoms with Crippen molar-refractivity contribution in [3.05, 3.63) is 23.8 Å². The fourth-order valence-corrected chi connectivity index (χ4v) is 3.49. The molecule has 0 aliphatic carbocycles. The van der Waals surface area contributed by atoms with Crippen molar-refractivity contribution < 1.29 is 19.1 Å². The van der Waals surface area contributed by atoms with Crippen LogP contribution in [0.15, 0.2) is 18.2 Å². The van der Waals surface area contributed by atoms with Crippen LogP contribution >= 0.6 is 11.8 Å². The Labute approximate surface area is 139 Å². The van der Waals surface area contributed by atoms with Crippen molar-refractivity contribution >= 4 is 23.6 Å². The number of hydrogen-bond donors (Lipinski definition) is 0. The summed E-state index contributed by atoms with van der Waals surface area (Å²) in [5.41, 5.74) is 0.992. The predicted octanol–water partition coefficient (Wildman–Crippen LogP) is 1.34. The molecule has 0 radical (unpaired) electrons. The lowest BCUT2D eigenvalue weighted by Gasteiger charge is -2.25. The van der Waals surface area contributed by atoms with E-state index in [0.29, 0.717) is 37.9 Å². The van der Waals surface area contributed by atoms with Gasteiger partial charge in [0, 0.05) is 13.1 Å². The van der Waals surface area contributed by atoms with Gasteiger partial charge in [-0.25, -0.2) is 0 Å². The van der Waals surface area contributed by atoms with Crippen LogP contribution in [0, 0.1) is 0 Å². The van der Waals surface area contributed by atoms with Crippen molar-refractivity contribution in [2.24, 2.45) is 0 Å². The summed E-state index contributed by atoms with van der Waals surface area (Å²) in [6, 6.07) is 5.74. The Hall–Kier alpha value is -1.89. The first kappa shape index (κ1) is 16.0. The summed E-state index contributed by atoms with van der Waals surface area (Å²) >= 11 is 1.55. The monoisotopic (exact) mass is 336 g/mol. The van der Waals surface area contributed by atoms with Crippen LogP contribution < -0.4 is 9.47 Å². The molecule has 1 aromatic rings. The molecule has 0 bridgehead atoms. The Balaban J connectivity index is 1.64. The molecule has 124 valence electrons. The first-order valence-corrected chi connectivity index (χ1v) is 8.84. The van der Waals surface area contributed by atoms with Gasteiger partial charge >= 0.3 is 0 Å². The molecule has 0 spiro atoms. The van der Waals surface area contributed by atoms with E-state index in [2.05, 4.69) is 0 Å². The number of fused-ring (bicyclic) bond motifs is 1. The number of carbonyl (C=O) groups is 2. The second kappa shape index (κ2) is 7.12. The Kier molecular flexibility index (Phi) is 4.95. The lowest BCUT2D eigenvalue weighted by Crippen LogP contribution is -2.40. The van der Waals surface area contributed by atoms with Crippen LogP contribution in [0.2, 0.25) is 0 Å². The average molecular weight is 336 g/mol. The highest BCUT2D eigenvalue weighted by Crippen LogP contribution is 2.31. The van der Waals surface area contributed by atoms with Gasteiger partial charge < -0.3 is 19.3 Å². The molecule has 6 nitrogen and oxygen atoms in total. The molecule has 1 aromatic carbocycles. The average Bonchev–Trinajstić information content (AvgIpc) is 2.97. The molecule has 23 heavy (non-hydrogen) atoms. The quantitative estimate of drug-likeness (QED) is 0.812. The molecule has 1 saturated heterocycles. The number of rotatable bonds is 5. The van der Waals surface area contributed by atoms with E-state index in [1.807, 2.05) is 25.1 Å². The van der Waals surface area contributed by atoms with E-state index in [-0.39, 0.29) is 18.4 Å². The number of nitrogens with zero attached hydrogens (tertiary/aromatic N) is 2. The Morgan fingerprint density at radius 1 is 1.30 bits per heavy atom. The van der Waals surface area contributed by atoms with Crippen LogP contribution in [-0.2, 0) is 16.1 Å². The number of amides is 2. The van der Waals surface area contributed by atoms with Gasteiger partial charge in [-0.1, -0.05) is 6.07 Å². The highest BCUT2D eigenvalue weighted by molar-refractivity contribution is 8.00. The van der Waals surface area contributed by atoms with Gasteiger partial charge in [0.15, 0.2) is 11.5 Å². The lowest BCUT2D eigenvalue weighted by molar-refractivity contribution is -0.138. The van der Waals surface area contributed by atoms with Gasteiger partial charge in [-0.3, -0.25) is 9.59 Å². The maximum absolute atomic E-state index is 12.4. The zero-order valence-corrected chi connectivity index (χ0v) is 13.9. The van der Waals surface area contributed by atoms with Crippen molar-refractivity contribution in [2.75, 3.05) is 37.9 Å². The topological polar surface area (TPSA) is 59.1 Å². The van der Waals surface area contributed by atoms with Crippen LogP contribution in [0.25, 0.3) is 0 Å². The normalized spacial score (nSPS) is 16.6. The van der Waals surface area contributed by atoms with Crippen LogP contribution in [0.5, 0.6) is 11.5 Å². The Morgan fingerprint density at radius 2 is 2.09 bits per heavy atom. The van der Waals surface area contributed by atoms with Gasteiger partial charge in [-0.2, -0.15) is 0 Å². The number of thioether (sulfide) groups is 1. The predicted molar refractivity (Wildman–Crippen MR) is 87.6 cm³/mol. The Bertz CT molecular complexity index is 608. The molecular weight excluding hydrogens is 316 g/mol. The molecule has 0 unspecified atom stereocenters. The van der Waals surface area contributed by atoms with Crippen LogP contribution in [0.1, 0.15) is 12.5 Å². The third-order valence-corrected chi connectivity index (χ3v) is 4.81. The largest absolute Gasteiger partial charge is 0.486 e. The van der Waals surface area contributed by atoms with Gasteiger partial charge in [-0.05, 0) is 24.6 Å². The minimum atomic E-state index is -0.0294. The summed E-state index contributed by atoms with van der Waals surface area (Å²) in [6.45, 7) is 4.31. The fourth-order valence-electron chi connectivity index (χ4n) is 2.59. The van der Waals surface area contributed by atoms with Gasteiger partial charge in [0.05, 0.1) is 11.6 Å². The standard InChI is InChI=1S/C16H20N2O4S/c1-2-17(15(19)9-18-11-23-10-16(18)20)8-12-3-4-13-14(7-12)22-6-5-21-13/h3-4,7H,2,5-6,8-11H2,1H3. The van der Waals surface area contributed by atoms with E-state index in [9.17, 15) is 9.59 Å². The molecular formula is C16H20N2O4S. The molecule has 3 rings (SSSR count). The molecule has 0 aromatic heterocycles. The third kappa shape index (κ3) is 3.72. The van der Waals surface area contributed by atoms with Crippen LogP contribution in [0.4, 0.5) is 0 Å². The van der Waals surface area contributed by atoms with E-state index in [1.165, 1.54) is 0 Å². The molecule has 2 aliphatic rings. The smallest absolute Gasteiger partial charge is 0.242 e. The molecule has 0 N–H and O–H groups in total. The van der Waals surface area contributed by atoms with Crippen molar-refractivity contribution in [2.45, 2.75) is 13.5 Å². The molecule has 1 fully saturated rings. The molecule has 2 amide bonds. The molecule has 7 heteroatoms. The second-order valence-corrected chi connectivity index (χ2v) is 6.41. The van der Waals surface area contributed by atoms with E-state index in [4.69, 9.17) is 9.47 Å². The highest BCUT2D eigenvalue weighted by Gasteiger charge is 2.25. The number of hydrogen-bond acceptors (Lipinski definition) is 5. The third-order valence-electron chi connectivity index (χ3n) is 3.87. The molecule has 0 atom stereocenters. The molecule has 0 saturated carbocycles. The molecule has 2 heterocycles. The maximum Gasteiger partial charge on any atom is 0.242 e. The number of likely N-dealkylation sites (N-methyl/N-ethyl adjacent to an activating group) is 1. The van der Waals surface area contributed by atoms with Crippen LogP contribution in [0.3, 0.4) is 0 Å². The zero-order chi connectivity index (χ0) is 16.2. The maximum atomic E-state index is 12.4. The summed E-state index contributed by atoms with van der Waals surface area (Å²) in [5.74, 6) is 2.56. The van der Waals surface area contributed by atoms with E-state index in [0.717, 1.165) is 17.1 Å². The summed E-state index contributed by atoms with van der Waals surface area (Å²) in [4.78, 5) is 27.4. The van der Waals surface area contributed by atoms with Gasteiger partial charge in [0.25, 0.3) is 0 Å². The Morgan fingerprint density at radius 3 is 2.78 bits per heavy atom. The minimum Gasteiger partial charge on any atom is -0.486 e. The number of benzene rings is 1. The van der Waals surface area contributed by atoms with Crippen molar-refractivity contribution in [1.82, 2.24) is 9.80 Å². The van der Waals surface area contributed by atoms with E-state index < -0.39 is 0 Å². The fraction of sp³-hybridized carbons (Fsp3) is 0.500. The minimum absolute atomic E-state index is 0.0294. The number of ether oxygens (including phenoxy) is 2. The zero-order valence-electron chi connectivity index (χ0n) is 13.1. The van der Waals surface area contributed by atoms with Crippen molar-refractivity contribution in [3.8, 4) is 11.5 Å². The summed E-state index contributed by atoms with van der Waals surface area (Å²) in [6.07, 6.45) is 0. The van der Waals surface area contributed by atoms with Crippen molar-refractivity contribution in [3.63, 3.8) is 0 Å². The second-order valence-electron chi connectivity index (χ2n) is 5.46. The lowest BCUT2D eigenvalue weighted by atomic mass is 10.1. The van der Waals surface area contributed by atoms with Gasteiger partial charge in [0.1, 0.15) is 19.8 Å². The van der Waals surface area contributed by atoms with E-state index >= 15 is 0 Å². The summed E-state index contributed by atoms with van der Waals surface area (Å²) in [7, 11) is 0. The van der Waals surface area contributed by atoms with Crippen molar-refractivity contribution in [1.29, 1.82) is 0 Å². The van der Waals surface area contributed by atoms with Crippen LogP contribution in [-0.4, -0.2) is 59.5 Å². The number of carbonyl (C=O) groups excluding carboxylic acids is 2. The highest BCUT2D eigenvalue weighted by atomic mass is 32.2. The SMILES string of the molecule is CCN(Cc1ccc2c(c1)OCCO2)C(=O)CN1CSCC1=O. The molecule has 2 aliphatic heterocycles.